The number of hydrogen-bond donors (Lipinski definition) is 0. The van der Waals surface area contributed by atoms with Crippen molar-refractivity contribution in [3.05, 3.63) is 71.3 Å². The number of fused-ring (bicyclic) bond motifs is 6. The van der Waals surface area contributed by atoms with Gasteiger partial charge in [-0.15, -0.1) is 0 Å². The van der Waals surface area contributed by atoms with Crippen LogP contribution in [0.2, 0.25) is 0 Å². The van der Waals surface area contributed by atoms with E-state index >= 15 is 0 Å². The summed E-state index contributed by atoms with van der Waals surface area (Å²) in [6, 6.07) is 22.1. The van der Waals surface area contributed by atoms with Crippen LogP contribution >= 0.6 is 0 Å². The molecule has 1 heteroatoms. The van der Waals surface area contributed by atoms with Gasteiger partial charge in [-0.2, -0.15) is 0 Å². The maximum atomic E-state index is 2.69. The third-order valence-electron chi connectivity index (χ3n) is 6.59. The second-order valence-corrected chi connectivity index (χ2v) is 7.41. The molecule has 112 valence electrons. The van der Waals surface area contributed by atoms with Gasteiger partial charge in [-0.3, -0.25) is 4.90 Å². The van der Waals surface area contributed by atoms with Gasteiger partial charge in [0.05, 0.1) is 0 Å². The average molecular weight is 289 g/mol. The van der Waals surface area contributed by atoms with E-state index in [-0.39, 0.29) is 0 Å². The summed E-state index contributed by atoms with van der Waals surface area (Å²) in [6.45, 7) is 0. The Balaban J connectivity index is 1.68. The summed E-state index contributed by atoms with van der Waals surface area (Å²) in [6.07, 6.45) is 4.15. The molecular formula is C21H23N. The lowest BCUT2D eigenvalue weighted by Crippen LogP contribution is -2.44. The first-order chi connectivity index (χ1) is 10.8. The summed E-state index contributed by atoms with van der Waals surface area (Å²) in [7, 11) is 2.36. The molecule has 2 aliphatic heterocycles. The van der Waals surface area contributed by atoms with Crippen LogP contribution in [-0.4, -0.2) is 24.0 Å². The van der Waals surface area contributed by atoms with Crippen molar-refractivity contribution in [2.45, 2.75) is 43.2 Å². The Bertz CT molecular complexity index is 692. The quantitative estimate of drug-likeness (QED) is 0.752. The molecular weight excluding hydrogens is 266 g/mol. The van der Waals surface area contributed by atoms with Crippen molar-refractivity contribution in [3.63, 3.8) is 0 Å². The normalized spacial score (nSPS) is 36.1. The zero-order valence-electron chi connectivity index (χ0n) is 13.2. The van der Waals surface area contributed by atoms with E-state index in [0.717, 1.165) is 23.9 Å². The smallest absolute Gasteiger partial charge is 0.0168 e. The highest BCUT2D eigenvalue weighted by Crippen LogP contribution is 2.58. The predicted molar refractivity (Wildman–Crippen MR) is 90.1 cm³/mol. The molecule has 2 bridgehead atoms. The maximum Gasteiger partial charge on any atom is 0.0168 e. The molecule has 5 rings (SSSR count). The average Bonchev–Trinajstić information content (AvgIpc) is 3.00. The molecule has 2 saturated heterocycles. The van der Waals surface area contributed by atoms with Crippen LogP contribution in [0.1, 0.15) is 47.8 Å². The van der Waals surface area contributed by atoms with Gasteiger partial charge in [-0.25, -0.2) is 0 Å². The number of piperidine rings is 1. The van der Waals surface area contributed by atoms with E-state index in [9.17, 15) is 0 Å². The molecule has 2 heterocycles. The van der Waals surface area contributed by atoms with Gasteiger partial charge >= 0.3 is 0 Å². The minimum atomic E-state index is 0.610. The summed E-state index contributed by atoms with van der Waals surface area (Å²) in [5, 5.41) is 0. The van der Waals surface area contributed by atoms with Crippen LogP contribution in [0.5, 0.6) is 0 Å². The molecule has 0 spiro atoms. The summed E-state index contributed by atoms with van der Waals surface area (Å²) in [5.41, 5.74) is 4.76. The van der Waals surface area contributed by atoms with Crippen LogP contribution in [0.15, 0.2) is 54.6 Å². The first kappa shape index (κ1) is 12.9. The highest BCUT2D eigenvalue weighted by molar-refractivity contribution is 5.48. The first-order valence-electron chi connectivity index (χ1n) is 8.70. The van der Waals surface area contributed by atoms with Gasteiger partial charge in [0, 0.05) is 23.9 Å². The third-order valence-corrected chi connectivity index (χ3v) is 6.59. The molecule has 0 radical (unpaired) electrons. The molecule has 2 aromatic carbocycles. The van der Waals surface area contributed by atoms with Crippen molar-refractivity contribution in [2.24, 2.45) is 5.92 Å². The molecule has 2 aromatic rings. The molecule has 3 aliphatic rings. The van der Waals surface area contributed by atoms with E-state index in [0.29, 0.717) is 5.92 Å². The van der Waals surface area contributed by atoms with Crippen LogP contribution in [0, 0.1) is 5.92 Å². The van der Waals surface area contributed by atoms with Crippen LogP contribution < -0.4 is 0 Å². The van der Waals surface area contributed by atoms with E-state index in [1.165, 1.54) is 24.8 Å². The van der Waals surface area contributed by atoms with Gasteiger partial charge < -0.3 is 0 Å². The fourth-order valence-electron chi connectivity index (χ4n) is 5.70. The molecule has 1 aliphatic carbocycles. The van der Waals surface area contributed by atoms with Gasteiger partial charge in [0.15, 0.2) is 0 Å². The Kier molecular flexibility index (Phi) is 2.75. The molecule has 0 aromatic heterocycles. The fourth-order valence-corrected chi connectivity index (χ4v) is 5.70. The van der Waals surface area contributed by atoms with Crippen molar-refractivity contribution in [1.29, 1.82) is 0 Å². The lowest BCUT2D eigenvalue weighted by atomic mass is 9.75. The minimum absolute atomic E-state index is 0.610. The monoisotopic (exact) mass is 289 g/mol. The SMILES string of the molecule is CN1C2CCC1C1c3ccccc3C(c3ccccc3)C1C2. The summed E-state index contributed by atoms with van der Waals surface area (Å²) in [4.78, 5) is 2.69. The summed E-state index contributed by atoms with van der Waals surface area (Å²) < 4.78 is 0. The van der Waals surface area contributed by atoms with E-state index in [1.807, 2.05) is 0 Å². The van der Waals surface area contributed by atoms with Crippen LogP contribution in [0.3, 0.4) is 0 Å². The standard InChI is InChI=1S/C21H23N/c1-22-15-11-12-19(22)21-17-10-6-5-9-16(17)20(18(21)13-15)14-7-3-2-4-8-14/h2-10,15,18-21H,11-13H2,1H3. The maximum absolute atomic E-state index is 2.69. The van der Waals surface area contributed by atoms with Gasteiger partial charge in [0.1, 0.15) is 0 Å². The Morgan fingerprint density at radius 1 is 0.864 bits per heavy atom. The van der Waals surface area contributed by atoms with Crippen LogP contribution in [-0.2, 0) is 0 Å². The first-order valence-corrected chi connectivity index (χ1v) is 8.70. The van der Waals surface area contributed by atoms with E-state index in [1.54, 1.807) is 11.1 Å². The second kappa shape index (κ2) is 4.70. The molecule has 22 heavy (non-hydrogen) atoms. The largest absolute Gasteiger partial charge is 0.300 e. The second-order valence-electron chi connectivity index (χ2n) is 7.41. The highest BCUT2D eigenvalue weighted by Gasteiger charge is 2.53. The fraction of sp³-hybridized carbons (Fsp3) is 0.429. The molecule has 1 nitrogen and oxygen atoms in total. The predicted octanol–water partition coefficient (Wildman–Crippen LogP) is 4.40. The topological polar surface area (TPSA) is 3.24 Å². The molecule has 0 N–H and O–H groups in total. The zero-order valence-corrected chi connectivity index (χ0v) is 13.2. The van der Waals surface area contributed by atoms with Gasteiger partial charge in [-0.05, 0) is 48.9 Å². The Morgan fingerprint density at radius 3 is 2.41 bits per heavy atom. The molecule has 5 atom stereocenters. The van der Waals surface area contributed by atoms with Crippen molar-refractivity contribution in [3.8, 4) is 0 Å². The minimum Gasteiger partial charge on any atom is -0.300 e. The van der Waals surface area contributed by atoms with E-state index < -0.39 is 0 Å². The van der Waals surface area contributed by atoms with Crippen molar-refractivity contribution in [1.82, 2.24) is 4.90 Å². The van der Waals surface area contributed by atoms with Gasteiger partial charge in [0.25, 0.3) is 0 Å². The highest BCUT2D eigenvalue weighted by atomic mass is 15.2. The lowest BCUT2D eigenvalue weighted by Gasteiger charge is -2.42. The Hall–Kier alpha value is -1.60. The van der Waals surface area contributed by atoms with Gasteiger partial charge in [-0.1, -0.05) is 54.6 Å². The summed E-state index contributed by atoms with van der Waals surface area (Å²) in [5.74, 6) is 2.15. The third kappa shape index (κ3) is 1.63. The lowest BCUT2D eigenvalue weighted by molar-refractivity contribution is 0.110. The summed E-state index contributed by atoms with van der Waals surface area (Å²) >= 11 is 0. The number of rotatable bonds is 1. The molecule has 0 saturated carbocycles. The number of benzene rings is 2. The van der Waals surface area contributed by atoms with Gasteiger partial charge in [0.2, 0.25) is 0 Å². The van der Waals surface area contributed by atoms with Crippen LogP contribution in [0.25, 0.3) is 0 Å². The van der Waals surface area contributed by atoms with Crippen molar-refractivity contribution >= 4 is 0 Å². The van der Waals surface area contributed by atoms with Crippen molar-refractivity contribution < 1.29 is 0 Å². The number of likely N-dealkylation sites (N-methyl/N-ethyl adjacent to an activating group) is 1. The number of hydrogen-bond acceptors (Lipinski definition) is 1. The molecule has 5 unspecified atom stereocenters. The Morgan fingerprint density at radius 2 is 1.59 bits per heavy atom. The van der Waals surface area contributed by atoms with E-state index in [2.05, 4.69) is 66.5 Å². The zero-order chi connectivity index (χ0) is 14.7. The number of nitrogens with zero attached hydrogens (tertiary/aromatic N) is 1. The van der Waals surface area contributed by atoms with Crippen LogP contribution in [0.4, 0.5) is 0 Å². The molecule has 0 amide bonds. The van der Waals surface area contributed by atoms with Crippen molar-refractivity contribution in [2.75, 3.05) is 7.05 Å². The van der Waals surface area contributed by atoms with E-state index in [4.69, 9.17) is 0 Å². The Labute approximate surface area is 133 Å². The molecule has 2 fully saturated rings.